The standard InChI is InChI=1S/C18H17N3O2S/c1-23-16-4-2-13(3-5-16)17(22)20-11-8-15-12-24-18(21-15)14-6-9-19-10-7-14/h2-7,9-10,12H,8,11H2,1H3,(H,20,22). The van der Waals surface area contributed by atoms with Crippen molar-refractivity contribution < 1.29 is 9.53 Å². The minimum absolute atomic E-state index is 0.0951. The second-order valence-corrected chi connectivity index (χ2v) is 5.97. The van der Waals surface area contributed by atoms with Gasteiger partial charge in [0.05, 0.1) is 12.8 Å². The average Bonchev–Trinajstić information content (AvgIpc) is 3.11. The van der Waals surface area contributed by atoms with Crippen molar-refractivity contribution in [1.29, 1.82) is 0 Å². The molecule has 3 aromatic rings. The third-order valence-electron chi connectivity index (χ3n) is 3.50. The zero-order chi connectivity index (χ0) is 16.8. The van der Waals surface area contributed by atoms with Gasteiger partial charge < -0.3 is 10.1 Å². The lowest BCUT2D eigenvalue weighted by Gasteiger charge is -2.05. The Hall–Kier alpha value is -2.73. The van der Waals surface area contributed by atoms with Gasteiger partial charge in [-0.2, -0.15) is 0 Å². The quantitative estimate of drug-likeness (QED) is 0.749. The summed E-state index contributed by atoms with van der Waals surface area (Å²) in [6.07, 6.45) is 4.21. The number of carbonyl (C=O) groups excluding carboxylic acids is 1. The zero-order valence-electron chi connectivity index (χ0n) is 13.2. The molecule has 0 aliphatic heterocycles. The van der Waals surface area contributed by atoms with Gasteiger partial charge in [0, 0.05) is 41.9 Å². The van der Waals surface area contributed by atoms with Gasteiger partial charge in [0.25, 0.3) is 5.91 Å². The van der Waals surface area contributed by atoms with Crippen LogP contribution >= 0.6 is 11.3 Å². The molecular weight excluding hydrogens is 322 g/mol. The first-order chi connectivity index (χ1) is 11.8. The van der Waals surface area contributed by atoms with Crippen LogP contribution in [0.2, 0.25) is 0 Å². The Bertz CT molecular complexity index is 801. The fourth-order valence-electron chi connectivity index (χ4n) is 2.20. The van der Waals surface area contributed by atoms with Gasteiger partial charge in [-0.15, -0.1) is 11.3 Å². The molecule has 2 aromatic heterocycles. The van der Waals surface area contributed by atoms with Gasteiger partial charge in [0.15, 0.2) is 0 Å². The van der Waals surface area contributed by atoms with Gasteiger partial charge in [0.1, 0.15) is 10.8 Å². The maximum Gasteiger partial charge on any atom is 0.251 e. The molecule has 0 aliphatic rings. The van der Waals surface area contributed by atoms with Gasteiger partial charge >= 0.3 is 0 Å². The molecule has 122 valence electrons. The lowest BCUT2D eigenvalue weighted by Crippen LogP contribution is -2.25. The van der Waals surface area contributed by atoms with E-state index in [-0.39, 0.29) is 5.91 Å². The average molecular weight is 339 g/mol. The molecule has 0 atom stereocenters. The van der Waals surface area contributed by atoms with Crippen molar-refractivity contribution in [1.82, 2.24) is 15.3 Å². The molecular formula is C18H17N3O2S. The Morgan fingerprint density at radius 1 is 1.17 bits per heavy atom. The Morgan fingerprint density at radius 2 is 1.92 bits per heavy atom. The number of hydrogen-bond donors (Lipinski definition) is 1. The molecule has 0 unspecified atom stereocenters. The summed E-state index contributed by atoms with van der Waals surface area (Å²) >= 11 is 1.60. The molecule has 0 radical (unpaired) electrons. The Balaban J connectivity index is 1.53. The summed E-state index contributed by atoms with van der Waals surface area (Å²) in [5, 5.41) is 5.90. The van der Waals surface area contributed by atoms with Crippen molar-refractivity contribution in [2.24, 2.45) is 0 Å². The van der Waals surface area contributed by atoms with Crippen LogP contribution in [0.5, 0.6) is 5.75 Å². The number of methoxy groups -OCH3 is 1. The molecule has 0 spiro atoms. The number of amides is 1. The molecule has 0 saturated carbocycles. The number of hydrogen-bond acceptors (Lipinski definition) is 5. The Labute approximate surface area is 144 Å². The first-order valence-electron chi connectivity index (χ1n) is 7.53. The van der Waals surface area contributed by atoms with Crippen LogP contribution in [0.1, 0.15) is 16.1 Å². The highest BCUT2D eigenvalue weighted by atomic mass is 32.1. The third kappa shape index (κ3) is 3.97. The maximum absolute atomic E-state index is 12.1. The highest BCUT2D eigenvalue weighted by Gasteiger charge is 2.07. The SMILES string of the molecule is COc1ccc(C(=O)NCCc2csc(-c3ccncc3)n2)cc1. The van der Waals surface area contributed by atoms with Crippen molar-refractivity contribution in [3.8, 4) is 16.3 Å². The monoisotopic (exact) mass is 339 g/mol. The lowest BCUT2D eigenvalue weighted by atomic mass is 10.2. The molecule has 1 amide bonds. The first kappa shape index (κ1) is 16.1. The predicted octanol–water partition coefficient (Wildman–Crippen LogP) is 3.19. The summed E-state index contributed by atoms with van der Waals surface area (Å²) in [7, 11) is 1.60. The van der Waals surface area contributed by atoms with E-state index in [0.717, 1.165) is 22.0 Å². The van der Waals surface area contributed by atoms with Crippen LogP contribution in [0.25, 0.3) is 10.6 Å². The molecule has 1 N–H and O–H groups in total. The molecule has 2 heterocycles. The van der Waals surface area contributed by atoms with Crippen LogP contribution in [0, 0.1) is 0 Å². The van der Waals surface area contributed by atoms with E-state index in [1.54, 1.807) is 55.1 Å². The Kier molecular flexibility index (Phi) is 5.18. The van der Waals surface area contributed by atoms with Crippen molar-refractivity contribution in [3.63, 3.8) is 0 Å². The summed E-state index contributed by atoms with van der Waals surface area (Å²) in [4.78, 5) is 20.7. The number of benzene rings is 1. The number of ether oxygens (including phenoxy) is 1. The lowest BCUT2D eigenvalue weighted by molar-refractivity contribution is 0.0954. The normalized spacial score (nSPS) is 10.4. The van der Waals surface area contributed by atoms with Crippen molar-refractivity contribution in [2.45, 2.75) is 6.42 Å². The van der Waals surface area contributed by atoms with Crippen molar-refractivity contribution in [2.75, 3.05) is 13.7 Å². The van der Waals surface area contributed by atoms with Crippen molar-refractivity contribution in [3.05, 3.63) is 65.4 Å². The van der Waals surface area contributed by atoms with Crippen LogP contribution in [0.3, 0.4) is 0 Å². The van der Waals surface area contributed by atoms with E-state index in [2.05, 4.69) is 15.3 Å². The van der Waals surface area contributed by atoms with Gasteiger partial charge in [-0.25, -0.2) is 4.98 Å². The highest BCUT2D eigenvalue weighted by molar-refractivity contribution is 7.13. The largest absolute Gasteiger partial charge is 0.497 e. The van der Waals surface area contributed by atoms with E-state index in [9.17, 15) is 4.79 Å². The van der Waals surface area contributed by atoms with E-state index >= 15 is 0 Å². The minimum Gasteiger partial charge on any atom is -0.497 e. The highest BCUT2D eigenvalue weighted by Crippen LogP contribution is 2.22. The molecule has 0 fully saturated rings. The minimum atomic E-state index is -0.0951. The Morgan fingerprint density at radius 3 is 2.62 bits per heavy atom. The summed E-state index contributed by atoms with van der Waals surface area (Å²) in [5.74, 6) is 0.639. The van der Waals surface area contributed by atoms with E-state index in [4.69, 9.17) is 4.74 Å². The zero-order valence-corrected chi connectivity index (χ0v) is 14.0. The summed E-state index contributed by atoms with van der Waals surface area (Å²) in [6, 6.07) is 10.9. The molecule has 0 bridgehead atoms. The van der Waals surface area contributed by atoms with Crippen LogP contribution < -0.4 is 10.1 Å². The molecule has 3 rings (SSSR count). The number of aromatic nitrogens is 2. The second-order valence-electron chi connectivity index (χ2n) is 5.11. The topological polar surface area (TPSA) is 64.1 Å². The molecule has 6 heteroatoms. The molecule has 24 heavy (non-hydrogen) atoms. The molecule has 0 aliphatic carbocycles. The van der Waals surface area contributed by atoms with E-state index in [1.165, 1.54) is 0 Å². The van der Waals surface area contributed by atoms with Gasteiger partial charge in [-0.1, -0.05) is 0 Å². The first-order valence-corrected chi connectivity index (χ1v) is 8.41. The molecule has 5 nitrogen and oxygen atoms in total. The summed E-state index contributed by atoms with van der Waals surface area (Å²) in [5.41, 5.74) is 2.65. The van der Waals surface area contributed by atoms with E-state index in [1.807, 2.05) is 17.5 Å². The number of thiazole rings is 1. The number of rotatable bonds is 6. The second kappa shape index (κ2) is 7.70. The fraction of sp³-hybridized carbons (Fsp3) is 0.167. The van der Waals surface area contributed by atoms with Gasteiger partial charge in [-0.3, -0.25) is 9.78 Å². The maximum atomic E-state index is 12.1. The van der Waals surface area contributed by atoms with Crippen LogP contribution in [0.4, 0.5) is 0 Å². The van der Waals surface area contributed by atoms with Crippen LogP contribution in [-0.4, -0.2) is 29.5 Å². The fourth-order valence-corrected chi connectivity index (χ4v) is 3.06. The van der Waals surface area contributed by atoms with E-state index in [0.29, 0.717) is 18.5 Å². The van der Waals surface area contributed by atoms with E-state index < -0.39 is 0 Å². The van der Waals surface area contributed by atoms with Gasteiger partial charge in [-0.05, 0) is 36.4 Å². The number of nitrogens with zero attached hydrogens (tertiary/aromatic N) is 2. The number of carbonyl (C=O) groups is 1. The summed E-state index contributed by atoms with van der Waals surface area (Å²) < 4.78 is 5.08. The van der Waals surface area contributed by atoms with Gasteiger partial charge in [0.2, 0.25) is 0 Å². The van der Waals surface area contributed by atoms with Crippen molar-refractivity contribution >= 4 is 17.2 Å². The molecule has 0 saturated heterocycles. The van der Waals surface area contributed by atoms with Crippen LogP contribution in [-0.2, 0) is 6.42 Å². The molecule has 1 aromatic carbocycles. The third-order valence-corrected chi connectivity index (χ3v) is 4.44. The number of pyridine rings is 1. The van der Waals surface area contributed by atoms with Crippen LogP contribution in [0.15, 0.2) is 54.2 Å². The predicted molar refractivity (Wildman–Crippen MR) is 94.4 cm³/mol. The smallest absolute Gasteiger partial charge is 0.251 e. The summed E-state index contributed by atoms with van der Waals surface area (Å²) in [6.45, 7) is 0.546. The number of nitrogens with one attached hydrogen (secondary N) is 1.